The van der Waals surface area contributed by atoms with Gasteiger partial charge in [-0.3, -0.25) is 4.99 Å². The van der Waals surface area contributed by atoms with Crippen LogP contribution in [0.2, 0.25) is 0 Å². The summed E-state index contributed by atoms with van der Waals surface area (Å²) in [5.41, 5.74) is 0.781. The summed E-state index contributed by atoms with van der Waals surface area (Å²) in [5.74, 6) is -2.64. The Morgan fingerprint density at radius 3 is 2.83 bits per heavy atom. The van der Waals surface area contributed by atoms with Crippen molar-refractivity contribution in [2.45, 2.75) is 50.5 Å². The normalized spacial score (nSPS) is 20.5. The van der Waals surface area contributed by atoms with Gasteiger partial charge in [-0.2, -0.15) is 0 Å². The first-order valence-electron chi connectivity index (χ1n) is 8.07. The van der Waals surface area contributed by atoms with Crippen molar-refractivity contribution in [2.24, 2.45) is 10.9 Å². The zero-order valence-electron chi connectivity index (χ0n) is 13.1. The highest BCUT2D eigenvalue weighted by molar-refractivity contribution is 5.91. The molecule has 0 bridgehead atoms. The molecule has 1 fully saturated rings. The third-order valence-corrected chi connectivity index (χ3v) is 4.47. The minimum absolute atomic E-state index is 0.288. The minimum atomic E-state index is -3.10. The first kappa shape index (κ1) is 16.0. The number of aliphatic imine (C=N–C) groups is 1. The van der Waals surface area contributed by atoms with Crippen molar-refractivity contribution < 1.29 is 18.6 Å². The Morgan fingerprint density at radius 1 is 1.35 bits per heavy atom. The minimum Gasteiger partial charge on any atom is -0.860 e. The van der Waals surface area contributed by atoms with E-state index in [2.05, 4.69) is 10.3 Å². The summed E-state index contributed by atoms with van der Waals surface area (Å²) in [5, 5.41) is 14.7. The molecule has 1 saturated carbocycles. The van der Waals surface area contributed by atoms with E-state index in [1.807, 2.05) is 0 Å². The molecule has 1 heterocycles. The molecule has 0 saturated heterocycles. The number of nitrogens with one attached hydrogen (secondary N) is 1. The molecule has 1 atom stereocenters. The molecule has 1 aromatic carbocycles. The molecular weight excluding hydrogens is 302 g/mol. The van der Waals surface area contributed by atoms with Gasteiger partial charge in [0.2, 0.25) is 0 Å². The van der Waals surface area contributed by atoms with Gasteiger partial charge in [0.1, 0.15) is 11.8 Å². The third kappa shape index (κ3) is 3.74. The zero-order valence-corrected chi connectivity index (χ0v) is 13.1. The van der Waals surface area contributed by atoms with E-state index in [1.165, 1.54) is 20.0 Å². The molecule has 1 aliphatic heterocycles. The molecule has 1 aliphatic carbocycles. The zero-order chi connectivity index (χ0) is 16.4. The van der Waals surface area contributed by atoms with Gasteiger partial charge in [-0.1, -0.05) is 25.7 Å². The van der Waals surface area contributed by atoms with Crippen molar-refractivity contribution in [3.63, 3.8) is 0 Å². The van der Waals surface area contributed by atoms with Gasteiger partial charge < -0.3 is 15.2 Å². The second-order valence-corrected chi connectivity index (χ2v) is 6.36. The van der Waals surface area contributed by atoms with Crippen molar-refractivity contribution in [1.29, 1.82) is 0 Å². The summed E-state index contributed by atoms with van der Waals surface area (Å²) >= 11 is 0. The van der Waals surface area contributed by atoms with E-state index in [0.29, 0.717) is 23.5 Å². The Balaban J connectivity index is 1.65. The Labute approximate surface area is 134 Å². The Bertz CT molecular complexity index is 600. The summed E-state index contributed by atoms with van der Waals surface area (Å²) in [4.78, 5) is 3.81. The number of fused-ring (bicyclic) bond motifs is 1. The van der Waals surface area contributed by atoms with Crippen molar-refractivity contribution in [1.82, 2.24) is 0 Å². The number of nitrogens with zero attached hydrogens (tertiary/aromatic N) is 1. The van der Waals surface area contributed by atoms with Gasteiger partial charge in [0, 0.05) is 12.5 Å². The van der Waals surface area contributed by atoms with Crippen LogP contribution in [0.15, 0.2) is 23.2 Å². The van der Waals surface area contributed by atoms with Gasteiger partial charge >= 0.3 is 0 Å². The van der Waals surface area contributed by atoms with Crippen LogP contribution in [0.25, 0.3) is 0 Å². The fourth-order valence-corrected chi connectivity index (χ4v) is 2.88. The summed E-state index contributed by atoms with van der Waals surface area (Å²) < 4.78 is 33.8. The van der Waals surface area contributed by atoms with E-state index in [4.69, 9.17) is 4.74 Å². The molecule has 23 heavy (non-hydrogen) atoms. The maximum absolute atomic E-state index is 14.4. The number of anilines is 1. The van der Waals surface area contributed by atoms with E-state index in [9.17, 15) is 13.9 Å². The van der Waals surface area contributed by atoms with Crippen LogP contribution >= 0.6 is 0 Å². The van der Waals surface area contributed by atoms with Gasteiger partial charge in [0.25, 0.3) is 5.92 Å². The topological polar surface area (TPSA) is 56.7 Å². The van der Waals surface area contributed by atoms with Crippen LogP contribution in [-0.2, 0) is 0 Å². The molecule has 0 radical (unpaired) electrons. The highest BCUT2D eigenvalue weighted by Crippen LogP contribution is 2.38. The Kier molecular flexibility index (Phi) is 4.41. The molecule has 3 rings (SSSR count). The molecule has 6 heteroatoms. The molecular formula is C17H21F2N2O2-. The van der Waals surface area contributed by atoms with Crippen molar-refractivity contribution in [3.05, 3.63) is 18.2 Å². The number of ether oxygens (including phenoxy) is 1. The van der Waals surface area contributed by atoms with Crippen molar-refractivity contribution in [3.8, 4) is 5.75 Å². The predicted octanol–water partition coefficient (Wildman–Crippen LogP) is 3.49. The summed E-state index contributed by atoms with van der Waals surface area (Å²) in [6.45, 7) is 0. The summed E-state index contributed by atoms with van der Waals surface area (Å²) in [6, 6.07) is 3.25. The van der Waals surface area contributed by atoms with Crippen molar-refractivity contribution in [2.75, 3.05) is 12.4 Å². The number of halogens is 2. The molecule has 1 N–H and O–H groups in total. The Hall–Kier alpha value is -1.85. The lowest BCUT2D eigenvalue weighted by Crippen LogP contribution is -2.51. The first-order chi connectivity index (χ1) is 11.0. The largest absolute Gasteiger partial charge is 0.860 e. The lowest BCUT2D eigenvalue weighted by molar-refractivity contribution is -0.226. The maximum Gasteiger partial charge on any atom is 0.272 e. The number of hydrogen-bond acceptors (Lipinski definition) is 4. The van der Waals surface area contributed by atoms with Crippen LogP contribution < -0.4 is 15.2 Å². The fourth-order valence-electron chi connectivity index (χ4n) is 2.88. The second kappa shape index (κ2) is 6.34. The van der Waals surface area contributed by atoms with E-state index in [0.717, 1.165) is 18.8 Å². The number of hydrogen-bond donors (Lipinski definition) is 1. The molecule has 126 valence electrons. The lowest BCUT2D eigenvalue weighted by Gasteiger charge is -2.35. The summed E-state index contributed by atoms with van der Waals surface area (Å²) in [7, 11) is 1.50. The molecule has 0 amide bonds. The maximum atomic E-state index is 14.4. The Morgan fingerprint density at radius 2 is 2.13 bits per heavy atom. The van der Waals surface area contributed by atoms with Gasteiger partial charge in [-0.25, -0.2) is 8.78 Å². The van der Waals surface area contributed by atoms with Crippen LogP contribution in [0.3, 0.4) is 0 Å². The molecule has 0 spiro atoms. The third-order valence-electron chi connectivity index (χ3n) is 4.47. The molecule has 4 nitrogen and oxygen atoms in total. The van der Waals surface area contributed by atoms with Gasteiger partial charge in [-0.05, 0) is 30.4 Å². The van der Waals surface area contributed by atoms with Crippen LogP contribution in [0.5, 0.6) is 5.75 Å². The molecule has 2 aliphatic rings. The average Bonchev–Trinajstić information content (AvgIpc) is 3.34. The highest BCUT2D eigenvalue weighted by atomic mass is 19.3. The predicted molar refractivity (Wildman–Crippen MR) is 83.6 cm³/mol. The van der Waals surface area contributed by atoms with Crippen LogP contribution in [0, 0.1) is 5.92 Å². The van der Waals surface area contributed by atoms with Gasteiger partial charge in [0.05, 0.1) is 18.5 Å². The van der Waals surface area contributed by atoms with E-state index in [1.54, 1.807) is 18.2 Å². The average molecular weight is 323 g/mol. The SMILES string of the molecule is COc1ccc2c(c1)N=C([O-])C(C(F)(F)CCCCC1CC1)N2. The standard InChI is InChI=1S/C17H22F2N2O2/c1-23-12-7-8-13-14(10-12)21-16(22)15(20-13)17(18,19)9-3-2-4-11-5-6-11/h7-8,10-11,15,20H,2-6,9H2,1H3,(H,21,22)/p-1. The lowest BCUT2D eigenvalue weighted by atomic mass is 10.00. The number of benzene rings is 1. The number of unbranched alkanes of at least 4 members (excludes halogenated alkanes) is 1. The highest BCUT2D eigenvalue weighted by Gasteiger charge is 2.41. The smallest absolute Gasteiger partial charge is 0.272 e. The molecule has 0 aromatic heterocycles. The fraction of sp³-hybridized carbons (Fsp3) is 0.588. The van der Waals surface area contributed by atoms with Crippen LogP contribution in [0.4, 0.5) is 20.2 Å². The molecule has 1 aromatic rings. The summed E-state index contributed by atoms with van der Waals surface area (Å²) in [6.07, 6.45) is 4.44. The molecule has 1 unspecified atom stereocenters. The monoisotopic (exact) mass is 323 g/mol. The number of rotatable bonds is 7. The van der Waals surface area contributed by atoms with Gasteiger partial charge in [-0.15, -0.1) is 0 Å². The first-order valence-corrected chi connectivity index (χ1v) is 8.07. The van der Waals surface area contributed by atoms with Crippen molar-refractivity contribution >= 4 is 17.3 Å². The van der Waals surface area contributed by atoms with E-state index < -0.39 is 17.9 Å². The van der Waals surface area contributed by atoms with Crippen LogP contribution in [-0.4, -0.2) is 25.0 Å². The van der Waals surface area contributed by atoms with E-state index in [-0.39, 0.29) is 6.42 Å². The van der Waals surface area contributed by atoms with E-state index >= 15 is 0 Å². The van der Waals surface area contributed by atoms with Crippen LogP contribution in [0.1, 0.15) is 38.5 Å². The number of methoxy groups -OCH3 is 1. The quantitative estimate of drug-likeness (QED) is 0.782. The number of alkyl halides is 2. The van der Waals surface area contributed by atoms with Gasteiger partial charge in [0.15, 0.2) is 0 Å². The second-order valence-electron chi connectivity index (χ2n) is 6.36.